The predicted octanol–water partition coefficient (Wildman–Crippen LogP) is 2.33. The fourth-order valence-corrected chi connectivity index (χ4v) is 2.43. The van der Waals surface area contributed by atoms with Gasteiger partial charge < -0.3 is 10.5 Å². The monoisotopic (exact) mass is 240 g/mol. The van der Waals surface area contributed by atoms with Gasteiger partial charge in [-0.05, 0) is 29.7 Å². The zero-order valence-corrected chi connectivity index (χ0v) is 10.1. The van der Waals surface area contributed by atoms with E-state index < -0.39 is 0 Å². The van der Waals surface area contributed by atoms with Crippen molar-refractivity contribution in [1.82, 2.24) is 4.98 Å². The average Bonchev–Trinajstić information content (AvgIpc) is 2.47. The van der Waals surface area contributed by atoms with E-state index in [1.807, 2.05) is 36.5 Å². The Morgan fingerprint density at radius 1 is 1.22 bits per heavy atom. The molecule has 1 aliphatic heterocycles. The maximum absolute atomic E-state index is 6.31. The van der Waals surface area contributed by atoms with E-state index in [0.29, 0.717) is 12.5 Å². The Hall–Kier alpha value is -1.87. The number of ether oxygens (including phenoxy) is 1. The summed E-state index contributed by atoms with van der Waals surface area (Å²) in [7, 11) is 0. The van der Waals surface area contributed by atoms with Gasteiger partial charge in [-0.2, -0.15) is 0 Å². The van der Waals surface area contributed by atoms with Crippen LogP contribution < -0.4 is 10.5 Å². The van der Waals surface area contributed by atoms with Crippen molar-refractivity contribution in [3.8, 4) is 5.75 Å². The van der Waals surface area contributed by atoms with Crippen LogP contribution in [0.2, 0.25) is 0 Å². The van der Waals surface area contributed by atoms with Crippen molar-refractivity contribution in [3.05, 3.63) is 59.9 Å². The highest BCUT2D eigenvalue weighted by atomic mass is 16.5. The van der Waals surface area contributed by atoms with Crippen LogP contribution in [-0.4, -0.2) is 11.6 Å². The van der Waals surface area contributed by atoms with Crippen molar-refractivity contribution in [2.24, 2.45) is 11.7 Å². The van der Waals surface area contributed by atoms with E-state index in [9.17, 15) is 0 Å². The summed E-state index contributed by atoms with van der Waals surface area (Å²) in [6, 6.07) is 12.1. The van der Waals surface area contributed by atoms with Gasteiger partial charge in [0, 0.05) is 24.4 Å². The molecule has 92 valence electrons. The molecular formula is C15H16N2O. The molecular weight excluding hydrogens is 224 g/mol. The third kappa shape index (κ3) is 2.09. The number of hydrogen-bond donors (Lipinski definition) is 1. The Kier molecular flexibility index (Phi) is 2.99. The standard InChI is InChI=1S/C15H16N2O/c16-15(12-5-3-7-17-9-12)13-8-11-4-1-2-6-14(11)18-10-13/h1-7,9,13,15H,8,10,16H2. The van der Waals surface area contributed by atoms with Crippen molar-refractivity contribution in [2.75, 3.05) is 6.61 Å². The van der Waals surface area contributed by atoms with E-state index in [1.165, 1.54) is 5.56 Å². The number of nitrogens with zero attached hydrogens (tertiary/aromatic N) is 1. The second-order valence-electron chi connectivity index (χ2n) is 4.70. The first-order chi connectivity index (χ1) is 8.84. The lowest BCUT2D eigenvalue weighted by molar-refractivity contribution is 0.200. The number of aromatic nitrogens is 1. The number of para-hydroxylation sites is 1. The van der Waals surface area contributed by atoms with Crippen molar-refractivity contribution >= 4 is 0 Å². The van der Waals surface area contributed by atoms with Gasteiger partial charge in [-0.1, -0.05) is 24.3 Å². The molecule has 2 aromatic rings. The molecule has 0 saturated carbocycles. The number of fused-ring (bicyclic) bond motifs is 1. The Labute approximate surface area is 107 Å². The highest BCUT2D eigenvalue weighted by Crippen LogP contribution is 2.32. The van der Waals surface area contributed by atoms with E-state index >= 15 is 0 Å². The smallest absolute Gasteiger partial charge is 0.122 e. The number of benzene rings is 1. The van der Waals surface area contributed by atoms with Gasteiger partial charge >= 0.3 is 0 Å². The summed E-state index contributed by atoms with van der Waals surface area (Å²) in [6.07, 6.45) is 4.57. The van der Waals surface area contributed by atoms with Gasteiger partial charge in [0.25, 0.3) is 0 Å². The largest absolute Gasteiger partial charge is 0.493 e. The van der Waals surface area contributed by atoms with Crippen LogP contribution in [0.1, 0.15) is 17.2 Å². The Bertz CT molecular complexity index is 527. The van der Waals surface area contributed by atoms with E-state index in [4.69, 9.17) is 10.5 Å². The minimum absolute atomic E-state index is 0.0212. The molecule has 0 aliphatic carbocycles. The summed E-state index contributed by atoms with van der Waals surface area (Å²) in [6.45, 7) is 0.674. The predicted molar refractivity (Wildman–Crippen MR) is 70.3 cm³/mol. The lowest BCUT2D eigenvalue weighted by atomic mass is 9.88. The van der Waals surface area contributed by atoms with Crippen LogP contribution in [0.5, 0.6) is 5.75 Å². The van der Waals surface area contributed by atoms with Crippen LogP contribution in [0.15, 0.2) is 48.8 Å². The summed E-state index contributed by atoms with van der Waals surface area (Å²) in [5, 5.41) is 0. The quantitative estimate of drug-likeness (QED) is 0.876. The summed E-state index contributed by atoms with van der Waals surface area (Å²) in [5.74, 6) is 1.30. The molecule has 3 heteroatoms. The lowest BCUT2D eigenvalue weighted by Gasteiger charge is -2.29. The highest BCUT2D eigenvalue weighted by molar-refractivity contribution is 5.35. The number of nitrogens with two attached hydrogens (primary N) is 1. The van der Waals surface area contributed by atoms with Crippen LogP contribution in [0.25, 0.3) is 0 Å². The topological polar surface area (TPSA) is 48.1 Å². The maximum Gasteiger partial charge on any atom is 0.122 e. The van der Waals surface area contributed by atoms with Crippen LogP contribution >= 0.6 is 0 Å². The van der Waals surface area contributed by atoms with Crippen molar-refractivity contribution in [1.29, 1.82) is 0 Å². The summed E-state index contributed by atoms with van der Waals surface area (Å²) in [5.41, 5.74) is 8.62. The SMILES string of the molecule is NC(c1cccnc1)C1COc2ccccc2C1. The molecule has 1 aromatic carbocycles. The van der Waals surface area contributed by atoms with E-state index in [-0.39, 0.29) is 6.04 Å². The van der Waals surface area contributed by atoms with Gasteiger partial charge in [0.15, 0.2) is 0 Å². The average molecular weight is 240 g/mol. The molecule has 18 heavy (non-hydrogen) atoms. The van der Waals surface area contributed by atoms with Crippen LogP contribution in [0, 0.1) is 5.92 Å². The van der Waals surface area contributed by atoms with Gasteiger partial charge in [-0.3, -0.25) is 4.98 Å². The van der Waals surface area contributed by atoms with E-state index in [1.54, 1.807) is 6.20 Å². The fourth-order valence-electron chi connectivity index (χ4n) is 2.43. The van der Waals surface area contributed by atoms with Gasteiger partial charge in [0.1, 0.15) is 5.75 Å². The van der Waals surface area contributed by atoms with Gasteiger partial charge in [-0.15, -0.1) is 0 Å². The molecule has 0 fully saturated rings. The third-order valence-electron chi connectivity index (χ3n) is 3.48. The van der Waals surface area contributed by atoms with E-state index in [2.05, 4.69) is 11.1 Å². The zero-order valence-electron chi connectivity index (χ0n) is 10.1. The van der Waals surface area contributed by atoms with Gasteiger partial charge in [0.05, 0.1) is 6.61 Å². The zero-order chi connectivity index (χ0) is 12.4. The highest BCUT2D eigenvalue weighted by Gasteiger charge is 2.25. The van der Waals surface area contributed by atoms with Crippen LogP contribution in [0.4, 0.5) is 0 Å². The Morgan fingerprint density at radius 2 is 2.11 bits per heavy atom. The third-order valence-corrected chi connectivity index (χ3v) is 3.48. The Morgan fingerprint density at radius 3 is 2.94 bits per heavy atom. The molecule has 2 unspecified atom stereocenters. The minimum Gasteiger partial charge on any atom is -0.493 e. The molecule has 2 N–H and O–H groups in total. The van der Waals surface area contributed by atoms with Crippen LogP contribution in [0.3, 0.4) is 0 Å². The molecule has 3 rings (SSSR count). The maximum atomic E-state index is 6.31. The van der Waals surface area contributed by atoms with Gasteiger partial charge in [-0.25, -0.2) is 0 Å². The number of pyridine rings is 1. The van der Waals surface area contributed by atoms with Crippen molar-refractivity contribution < 1.29 is 4.74 Å². The summed E-state index contributed by atoms with van der Waals surface area (Å²) < 4.78 is 5.78. The first-order valence-electron chi connectivity index (χ1n) is 6.21. The molecule has 0 radical (unpaired) electrons. The normalized spacial score (nSPS) is 19.7. The fraction of sp³-hybridized carbons (Fsp3) is 0.267. The molecule has 2 heterocycles. The molecule has 0 bridgehead atoms. The van der Waals surface area contributed by atoms with Crippen molar-refractivity contribution in [2.45, 2.75) is 12.5 Å². The lowest BCUT2D eigenvalue weighted by Crippen LogP contribution is -2.31. The van der Waals surface area contributed by atoms with Crippen LogP contribution in [-0.2, 0) is 6.42 Å². The number of rotatable bonds is 2. The number of hydrogen-bond acceptors (Lipinski definition) is 3. The van der Waals surface area contributed by atoms with E-state index in [0.717, 1.165) is 17.7 Å². The first kappa shape index (κ1) is 11.2. The second-order valence-corrected chi connectivity index (χ2v) is 4.70. The Balaban J connectivity index is 1.80. The van der Waals surface area contributed by atoms with Crippen molar-refractivity contribution in [3.63, 3.8) is 0 Å². The second kappa shape index (κ2) is 4.78. The first-order valence-corrected chi connectivity index (χ1v) is 6.21. The minimum atomic E-state index is -0.0212. The van der Waals surface area contributed by atoms with Gasteiger partial charge in [0.2, 0.25) is 0 Å². The summed E-state index contributed by atoms with van der Waals surface area (Å²) >= 11 is 0. The summed E-state index contributed by atoms with van der Waals surface area (Å²) in [4.78, 5) is 4.12. The molecule has 2 atom stereocenters. The molecule has 0 spiro atoms. The molecule has 1 aliphatic rings. The molecule has 1 aromatic heterocycles. The molecule has 0 amide bonds. The molecule has 0 saturated heterocycles. The molecule has 3 nitrogen and oxygen atoms in total.